The van der Waals surface area contributed by atoms with E-state index in [1.807, 2.05) is 0 Å². The van der Waals surface area contributed by atoms with E-state index in [0.29, 0.717) is 25.3 Å². The van der Waals surface area contributed by atoms with E-state index in [4.69, 9.17) is 12.2 Å². The number of aromatic nitrogens is 3. The number of hydrogen-bond donors (Lipinski definition) is 3. The van der Waals surface area contributed by atoms with Gasteiger partial charge in [0.1, 0.15) is 12.0 Å². The predicted octanol–water partition coefficient (Wildman–Crippen LogP) is 3.56. The van der Waals surface area contributed by atoms with Crippen molar-refractivity contribution in [3.05, 3.63) is 30.5 Å². The van der Waals surface area contributed by atoms with Crippen LogP contribution in [-0.4, -0.2) is 72.3 Å². The Morgan fingerprint density at radius 1 is 1.33 bits per heavy atom. The molecule has 1 aliphatic carbocycles. The Bertz CT molecular complexity index is 1170. The average Bonchev–Trinajstić information content (AvgIpc) is 3.63. The highest BCUT2D eigenvalue weighted by atomic mass is 127. The molecule has 1 saturated carbocycles. The molecule has 3 aliphatic rings. The maximum atomic E-state index is 10.5. The second-order valence-corrected chi connectivity index (χ2v) is 12.3. The van der Waals surface area contributed by atoms with Gasteiger partial charge in [0.2, 0.25) is 0 Å². The summed E-state index contributed by atoms with van der Waals surface area (Å²) in [7, 11) is 0. The number of aliphatic hydroxyl groups excluding tert-OH is 1. The topological polar surface area (TPSA) is 105 Å². The lowest BCUT2D eigenvalue weighted by molar-refractivity contribution is 0.127. The van der Waals surface area contributed by atoms with Crippen molar-refractivity contribution in [1.82, 2.24) is 35.0 Å². The Morgan fingerprint density at radius 3 is 3.03 bits per heavy atom. The zero-order valence-electron chi connectivity index (χ0n) is 20.1. The quantitative estimate of drug-likeness (QED) is 0.190. The molecule has 0 radical (unpaired) electrons. The van der Waals surface area contributed by atoms with Gasteiger partial charge in [-0.25, -0.2) is 15.4 Å². The van der Waals surface area contributed by atoms with Gasteiger partial charge < -0.3 is 24.7 Å². The first kappa shape index (κ1) is 26.0. The number of hydrazine groups is 1. The molecule has 0 aromatic carbocycles. The van der Waals surface area contributed by atoms with Gasteiger partial charge in [0, 0.05) is 55.3 Å². The fourth-order valence-corrected chi connectivity index (χ4v) is 7.52. The summed E-state index contributed by atoms with van der Waals surface area (Å²) in [6.45, 7) is 2.34. The number of nitrogens with zero attached hydrogens (tertiary/aromatic N) is 6. The van der Waals surface area contributed by atoms with E-state index in [1.54, 1.807) is 6.33 Å². The number of aliphatic hydroxyl groups is 1. The lowest BCUT2D eigenvalue weighted by Gasteiger charge is -2.32. The molecule has 0 spiro atoms. The molecule has 5 rings (SSSR count). The number of likely N-dealkylation sites (tertiary alicyclic amines) is 1. The van der Waals surface area contributed by atoms with Crippen molar-refractivity contribution in [3.8, 4) is 6.07 Å². The Morgan fingerprint density at radius 2 is 2.19 bits per heavy atom. The third-order valence-corrected chi connectivity index (χ3v) is 10.1. The third kappa shape index (κ3) is 5.48. The van der Waals surface area contributed by atoms with Crippen molar-refractivity contribution in [2.24, 2.45) is 5.92 Å². The summed E-state index contributed by atoms with van der Waals surface area (Å²) < 4.78 is 2.14. The highest BCUT2D eigenvalue weighted by molar-refractivity contribution is 14.2. The van der Waals surface area contributed by atoms with Crippen molar-refractivity contribution in [1.29, 1.82) is 5.26 Å². The van der Waals surface area contributed by atoms with Crippen LogP contribution in [0.4, 0.5) is 0 Å². The van der Waals surface area contributed by atoms with E-state index in [0.717, 1.165) is 72.6 Å². The fraction of sp³-hybridized carbons (Fsp3) is 0.583. The minimum absolute atomic E-state index is 0.0343. The molecule has 3 N–H and O–H groups in total. The predicted molar refractivity (Wildman–Crippen MR) is 155 cm³/mol. The molecule has 2 aliphatic heterocycles. The monoisotopic (exact) mass is 638 g/mol. The first-order valence-corrected chi connectivity index (χ1v) is 17.1. The maximum absolute atomic E-state index is 10.5. The van der Waals surface area contributed by atoms with E-state index in [9.17, 15) is 10.4 Å². The van der Waals surface area contributed by atoms with Crippen LogP contribution in [0.2, 0.25) is 0 Å². The third-order valence-electron chi connectivity index (χ3n) is 7.63. The average molecular weight is 639 g/mol. The first-order chi connectivity index (χ1) is 17.6. The SMILES string of the molecule is N#CCC(C1CCN(C(=S)NC2CCCCCC2O)C1)N1C=C(c2ncnc3c2ccn3PI)CN1. The fourth-order valence-electron chi connectivity index (χ4n) is 5.65. The van der Waals surface area contributed by atoms with E-state index >= 15 is 0 Å². The van der Waals surface area contributed by atoms with Crippen LogP contribution in [0.25, 0.3) is 16.6 Å². The summed E-state index contributed by atoms with van der Waals surface area (Å²) in [4.78, 5) is 11.3. The summed E-state index contributed by atoms with van der Waals surface area (Å²) in [5.41, 5.74) is 6.50. The summed E-state index contributed by atoms with van der Waals surface area (Å²) in [6, 6.07) is 4.56. The van der Waals surface area contributed by atoms with Crippen LogP contribution in [0.15, 0.2) is 24.8 Å². The smallest absolute Gasteiger partial charge is 0.169 e. The Kier molecular flexibility index (Phi) is 8.58. The van der Waals surface area contributed by atoms with E-state index in [2.05, 4.69) is 81.5 Å². The van der Waals surface area contributed by atoms with Gasteiger partial charge in [-0.1, -0.05) is 19.3 Å². The van der Waals surface area contributed by atoms with Crippen LogP contribution < -0.4 is 10.7 Å². The molecule has 2 aromatic heterocycles. The molecule has 0 amide bonds. The molecule has 1 saturated heterocycles. The van der Waals surface area contributed by atoms with Gasteiger partial charge >= 0.3 is 0 Å². The summed E-state index contributed by atoms with van der Waals surface area (Å²) in [5.74, 6) is 0.304. The minimum atomic E-state index is -0.338. The lowest BCUT2D eigenvalue weighted by Crippen LogP contribution is -2.49. The largest absolute Gasteiger partial charge is 0.391 e. The molecular formula is C24H32IN8OPS. The van der Waals surface area contributed by atoms with Crippen LogP contribution in [0.3, 0.4) is 0 Å². The van der Waals surface area contributed by atoms with Crippen molar-refractivity contribution in [2.75, 3.05) is 19.6 Å². The standard InChI is InChI=1S/C24H32IN8OPS/c25-35-33-11-8-18-22(27-15-28-23(18)33)17-12-29-32(14-17)20(6-9-26)16-7-10-31(13-16)24(36)30-19-4-2-1-3-5-21(19)34/h8,11,14-16,19-21,29,34-35H,1-7,10,12-13H2,(H,30,36). The van der Waals surface area contributed by atoms with Crippen LogP contribution in [0.5, 0.6) is 0 Å². The molecule has 5 unspecified atom stereocenters. The Labute approximate surface area is 232 Å². The van der Waals surface area contributed by atoms with Gasteiger partial charge in [-0.3, -0.25) is 0 Å². The number of rotatable bonds is 6. The Balaban J connectivity index is 1.27. The second kappa shape index (κ2) is 11.9. The Hall–Kier alpha value is -1.58. The zero-order chi connectivity index (χ0) is 25.1. The molecule has 5 atom stereocenters. The molecule has 0 bridgehead atoms. The minimum Gasteiger partial charge on any atom is -0.391 e. The number of nitrogens with one attached hydrogen (secondary N) is 2. The highest BCUT2D eigenvalue weighted by Crippen LogP contribution is 2.33. The lowest BCUT2D eigenvalue weighted by atomic mass is 9.96. The van der Waals surface area contributed by atoms with Crippen molar-refractivity contribution < 1.29 is 5.11 Å². The normalized spacial score (nSPS) is 25.8. The van der Waals surface area contributed by atoms with Crippen LogP contribution in [0, 0.1) is 17.2 Å². The summed E-state index contributed by atoms with van der Waals surface area (Å²) in [5, 5.41) is 27.5. The molecule has 12 heteroatoms. The summed E-state index contributed by atoms with van der Waals surface area (Å²) in [6.07, 6.45) is 12.6. The van der Waals surface area contributed by atoms with Crippen LogP contribution >= 0.6 is 40.6 Å². The molecule has 2 fully saturated rings. The van der Waals surface area contributed by atoms with Gasteiger partial charge in [0.15, 0.2) is 5.11 Å². The van der Waals surface area contributed by atoms with Crippen LogP contribution in [-0.2, 0) is 0 Å². The molecule has 4 heterocycles. The van der Waals surface area contributed by atoms with Gasteiger partial charge in [-0.15, -0.1) is 0 Å². The molecule has 2 aromatic rings. The number of fused-ring (bicyclic) bond motifs is 1. The van der Waals surface area contributed by atoms with Crippen LogP contribution in [0.1, 0.15) is 50.6 Å². The number of hydrogen-bond acceptors (Lipinski definition) is 7. The zero-order valence-corrected chi connectivity index (χ0v) is 24.1. The van der Waals surface area contributed by atoms with Gasteiger partial charge in [0.05, 0.1) is 36.4 Å². The number of thiocarbonyl (C=S) groups is 1. The van der Waals surface area contributed by atoms with E-state index in [-0.39, 0.29) is 18.2 Å². The maximum Gasteiger partial charge on any atom is 0.169 e. The van der Waals surface area contributed by atoms with Gasteiger partial charge in [-0.2, -0.15) is 5.26 Å². The number of nitriles is 1. The van der Waals surface area contributed by atoms with Crippen molar-refractivity contribution >= 4 is 62.4 Å². The van der Waals surface area contributed by atoms with Gasteiger partial charge in [0.25, 0.3) is 0 Å². The van der Waals surface area contributed by atoms with E-state index < -0.39 is 0 Å². The van der Waals surface area contributed by atoms with Gasteiger partial charge in [-0.05, 0) is 59.6 Å². The first-order valence-electron chi connectivity index (χ1n) is 12.6. The molecule has 9 nitrogen and oxygen atoms in total. The summed E-state index contributed by atoms with van der Waals surface area (Å²) >= 11 is 8.11. The van der Waals surface area contributed by atoms with E-state index in [1.165, 1.54) is 6.42 Å². The molecule has 192 valence electrons. The van der Waals surface area contributed by atoms with Crippen molar-refractivity contribution in [3.63, 3.8) is 0 Å². The molecule has 36 heavy (non-hydrogen) atoms. The molecular weight excluding hydrogens is 606 g/mol. The number of halogens is 1. The van der Waals surface area contributed by atoms with Crippen molar-refractivity contribution in [2.45, 2.75) is 63.1 Å². The second-order valence-electron chi connectivity index (χ2n) is 9.81. The highest BCUT2D eigenvalue weighted by Gasteiger charge is 2.36.